The van der Waals surface area contributed by atoms with Crippen LogP contribution in [0.2, 0.25) is 0 Å². The van der Waals surface area contributed by atoms with Crippen LogP contribution in [0.15, 0.2) is 77.0 Å². The average Bonchev–Trinajstić information content (AvgIpc) is 3.28. The van der Waals surface area contributed by atoms with E-state index in [2.05, 4.69) is 15.3 Å². The second-order valence-electron chi connectivity index (χ2n) is 6.24. The van der Waals surface area contributed by atoms with Crippen molar-refractivity contribution in [1.82, 2.24) is 19.6 Å². The van der Waals surface area contributed by atoms with E-state index in [1.165, 1.54) is 0 Å². The molecular formula is C19H15N5O. The number of allylic oxidation sites excluding steroid dienone is 3. The van der Waals surface area contributed by atoms with Crippen LogP contribution in [0, 0.1) is 0 Å². The Kier molecular flexibility index (Phi) is 2.82. The smallest absolute Gasteiger partial charge is 0.254 e. The van der Waals surface area contributed by atoms with Gasteiger partial charge in [0.25, 0.3) is 5.91 Å². The molecular weight excluding hydrogens is 314 g/mol. The van der Waals surface area contributed by atoms with Crippen molar-refractivity contribution >= 4 is 23.0 Å². The Bertz CT molecular complexity index is 1080. The standard InChI is InChI=1S/C19H15N5O/c1-23-11-16-18(13-3-2-4-14(13)19(23)25)22-15(9-21-16)12-5-6-17-20-7-8-24(17)10-12/h2-10,22H,11H2,1H3. The number of aliphatic imine (C=N–C) groups is 1. The van der Waals surface area contributed by atoms with E-state index in [1.807, 2.05) is 53.4 Å². The highest BCUT2D eigenvalue weighted by molar-refractivity contribution is 6.13. The van der Waals surface area contributed by atoms with Gasteiger partial charge in [0, 0.05) is 42.3 Å². The Labute approximate surface area is 144 Å². The molecule has 2 aromatic heterocycles. The average molecular weight is 329 g/mol. The van der Waals surface area contributed by atoms with E-state index >= 15 is 0 Å². The summed E-state index contributed by atoms with van der Waals surface area (Å²) in [5, 5.41) is 3.49. The van der Waals surface area contributed by atoms with Crippen LogP contribution in [0.3, 0.4) is 0 Å². The number of likely N-dealkylation sites (N-methyl/N-ethyl adjacent to an activating group) is 1. The summed E-state index contributed by atoms with van der Waals surface area (Å²) < 4.78 is 1.97. The second-order valence-corrected chi connectivity index (χ2v) is 6.24. The van der Waals surface area contributed by atoms with Crippen LogP contribution in [0.4, 0.5) is 0 Å². The van der Waals surface area contributed by atoms with E-state index in [1.54, 1.807) is 18.1 Å². The molecule has 122 valence electrons. The topological polar surface area (TPSA) is 62.0 Å². The highest BCUT2D eigenvalue weighted by atomic mass is 16.2. The third-order valence-corrected chi connectivity index (χ3v) is 4.65. The molecule has 0 spiro atoms. The van der Waals surface area contributed by atoms with Gasteiger partial charge in [-0.1, -0.05) is 12.2 Å². The lowest BCUT2D eigenvalue weighted by atomic mass is 10.0. The molecule has 1 amide bonds. The molecule has 0 atom stereocenters. The number of imidazole rings is 1. The van der Waals surface area contributed by atoms with Gasteiger partial charge >= 0.3 is 0 Å². The van der Waals surface area contributed by atoms with Crippen molar-refractivity contribution in [2.75, 3.05) is 13.6 Å². The van der Waals surface area contributed by atoms with E-state index in [4.69, 9.17) is 0 Å². The number of hydrogen-bond acceptors (Lipinski definition) is 4. The normalized spacial score (nSPS) is 19.2. The highest BCUT2D eigenvalue weighted by Crippen LogP contribution is 2.30. The van der Waals surface area contributed by atoms with Crippen molar-refractivity contribution in [1.29, 1.82) is 0 Å². The van der Waals surface area contributed by atoms with Crippen molar-refractivity contribution in [3.63, 3.8) is 0 Å². The minimum Gasteiger partial charge on any atom is -0.352 e. The third-order valence-electron chi connectivity index (χ3n) is 4.65. The van der Waals surface area contributed by atoms with Gasteiger partial charge in [0.05, 0.1) is 29.9 Å². The minimum absolute atomic E-state index is 0.0211. The lowest BCUT2D eigenvalue weighted by Gasteiger charge is -2.21. The summed E-state index contributed by atoms with van der Waals surface area (Å²) in [5.41, 5.74) is 6.20. The number of amides is 1. The van der Waals surface area contributed by atoms with Crippen molar-refractivity contribution in [3.05, 3.63) is 77.6 Å². The zero-order valence-corrected chi connectivity index (χ0v) is 13.6. The molecule has 1 N–H and O–H groups in total. The Morgan fingerprint density at radius 3 is 3.12 bits per heavy atom. The molecule has 0 bridgehead atoms. The molecule has 0 radical (unpaired) electrons. The van der Waals surface area contributed by atoms with Crippen LogP contribution in [-0.4, -0.2) is 39.5 Å². The lowest BCUT2D eigenvalue weighted by molar-refractivity contribution is -0.124. The van der Waals surface area contributed by atoms with Crippen LogP contribution < -0.4 is 5.32 Å². The van der Waals surface area contributed by atoms with Crippen LogP contribution in [0.25, 0.3) is 11.3 Å². The highest BCUT2D eigenvalue weighted by Gasteiger charge is 2.31. The number of aromatic nitrogens is 2. The number of carbonyl (C=O) groups excluding carboxylic acids is 1. The molecule has 3 aliphatic rings. The van der Waals surface area contributed by atoms with E-state index < -0.39 is 0 Å². The number of nitrogens with zero attached hydrogens (tertiary/aromatic N) is 4. The quantitative estimate of drug-likeness (QED) is 0.869. The predicted molar refractivity (Wildman–Crippen MR) is 95.6 cm³/mol. The zero-order chi connectivity index (χ0) is 17.0. The van der Waals surface area contributed by atoms with Crippen LogP contribution in [0.1, 0.15) is 5.56 Å². The second kappa shape index (κ2) is 5.04. The number of fused-ring (bicyclic) bond motifs is 3. The Morgan fingerprint density at radius 2 is 2.20 bits per heavy atom. The van der Waals surface area contributed by atoms with Crippen molar-refractivity contribution in [3.8, 4) is 0 Å². The number of pyridine rings is 1. The largest absolute Gasteiger partial charge is 0.352 e. The van der Waals surface area contributed by atoms with Crippen LogP contribution in [-0.2, 0) is 4.79 Å². The van der Waals surface area contributed by atoms with E-state index in [0.29, 0.717) is 12.1 Å². The molecule has 0 aromatic carbocycles. The summed E-state index contributed by atoms with van der Waals surface area (Å²) in [7, 11) is 1.80. The molecule has 6 heteroatoms. The van der Waals surface area contributed by atoms with Gasteiger partial charge in [0.2, 0.25) is 0 Å². The van der Waals surface area contributed by atoms with E-state index in [-0.39, 0.29) is 5.91 Å². The van der Waals surface area contributed by atoms with Crippen LogP contribution in [0.5, 0.6) is 0 Å². The van der Waals surface area contributed by atoms with Gasteiger partial charge in [-0.15, -0.1) is 0 Å². The number of nitrogens with one attached hydrogen (secondary N) is 1. The summed E-state index contributed by atoms with van der Waals surface area (Å²) in [5.74, 6) is 0.0211. The molecule has 1 aliphatic carbocycles. The Hall–Kier alpha value is -3.41. The van der Waals surface area contributed by atoms with Gasteiger partial charge in [0.1, 0.15) is 5.65 Å². The van der Waals surface area contributed by atoms with Crippen molar-refractivity contribution in [2.45, 2.75) is 0 Å². The van der Waals surface area contributed by atoms with Gasteiger partial charge in [-0.3, -0.25) is 9.79 Å². The SMILES string of the molecule is CN1CC2=NC=C(c3ccc4nccn4c3)NC2=C2C=CC=C2C1=O. The van der Waals surface area contributed by atoms with Gasteiger partial charge in [-0.05, 0) is 18.2 Å². The van der Waals surface area contributed by atoms with Gasteiger partial charge in [0.15, 0.2) is 0 Å². The third kappa shape index (κ3) is 2.07. The summed E-state index contributed by atoms with van der Waals surface area (Å²) in [6.45, 7) is 0.486. The molecule has 25 heavy (non-hydrogen) atoms. The first-order chi connectivity index (χ1) is 12.2. The Balaban J connectivity index is 1.62. The maximum absolute atomic E-state index is 12.5. The van der Waals surface area contributed by atoms with Crippen molar-refractivity contribution in [2.24, 2.45) is 4.99 Å². The molecule has 5 rings (SSSR count). The van der Waals surface area contributed by atoms with E-state index in [9.17, 15) is 4.79 Å². The number of rotatable bonds is 1. The fourth-order valence-electron chi connectivity index (χ4n) is 3.34. The minimum atomic E-state index is 0.0211. The summed E-state index contributed by atoms with van der Waals surface area (Å²) in [4.78, 5) is 23.1. The van der Waals surface area contributed by atoms with Gasteiger partial charge in [-0.25, -0.2) is 4.98 Å². The van der Waals surface area contributed by atoms with Gasteiger partial charge < -0.3 is 14.6 Å². The van der Waals surface area contributed by atoms with Gasteiger partial charge in [-0.2, -0.15) is 0 Å². The molecule has 4 heterocycles. The van der Waals surface area contributed by atoms with Crippen molar-refractivity contribution < 1.29 is 4.79 Å². The molecule has 0 fully saturated rings. The first-order valence-electron chi connectivity index (χ1n) is 8.06. The fourth-order valence-corrected chi connectivity index (χ4v) is 3.34. The molecule has 2 aromatic rings. The summed E-state index contributed by atoms with van der Waals surface area (Å²) in [6, 6.07) is 3.99. The number of carbonyl (C=O) groups is 1. The predicted octanol–water partition coefficient (Wildman–Crippen LogP) is 1.90. The number of hydrogen-bond donors (Lipinski definition) is 1. The zero-order valence-electron chi connectivity index (χ0n) is 13.6. The fraction of sp³-hybridized carbons (Fsp3) is 0.105. The lowest BCUT2D eigenvalue weighted by Crippen LogP contribution is -2.33. The first kappa shape index (κ1) is 14.0. The monoisotopic (exact) mass is 329 g/mol. The molecule has 0 unspecified atom stereocenters. The maximum atomic E-state index is 12.5. The van der Waals surface area contributed by atoms with Crippen LogP contribution >= 0.6 is 0 Å². The molecule has 0 saturated heterocycles. The molecule has 6 nitrogen and oxygen atoms in total. The summed E-state index contributed by atoms with van der Waals surface area (Å²) >= 11 is 0. The summed E-state index contributed by atoms with van der Waals surface area (Å²) in [6.07, 6.45) is 13.3. The molecule has 2 aliphatic heterocycles. The maximum Gasteiger partial charge on any atom is 0.254 e. The molecule has 0 saturated carbocycles. The van der Waals surface area contributed by atoms with E-state index in [0.717, 1.165) is 33.9 Å². The Morgan fingerprint density at radius 1 is 1.28 bits per heavy atom. The first-order valence-corrected chi connectivity index (χ1v) is 8.06.